The molecule has 0 unspecified atom stereocenters. The fourth-order valence-corrected chi connectivity index (χ4v) is 5.41. The molecule has 5 rings (SSSR count). The molecule has 0 spiro atoms. The molecule has 3 fully saturated rings. The van der Waals surface area contributed by atoms with Crippen LogP contribution < -0.4 is 14.5 Å². The number of aryl methyl sites for hydroxylation is 2. The van der Waals surface area contributed by atoms with Crippen molar-refractivity contribution in [1.29, 1.82) is 0 Å². The third kappa shape index (κ3) is 3.89. The summed E-state index contributed by atoms with van der Waals surface area (Å²) in [5, 5.41) is 0. The third-order valence-electron chi connectivity index (χ3n) is 7.25. The molecule has 0 radical (unpaired) electrons. The summed E-state index contributed by atoms with van der Waals surface area (Å²) >= 11 is 0. The van der Waals surface area contributed by atoms with Crippen molar-refractivity contribution in [2.45, 2.75) is 46.0 Å². The molecule has 176 valence electrons. The van der Waals surface area contributed by atoms with Gasteiger partial charge in [0.15, 0.2) is 0 Å². The van der Waals surface area contributed by atoms with E-state index in [1.54, 1.807) is 29.2 Å². The van der Waals surface area contributed by atoms with Gasteiger partial charge in [-0.25, -0.2) is 4.90 Å². The molecule has 7 heteroatoms. The van der Waals surface area contributed by atoms with Crippen LogP contribution in [0.25, 0.3) is 0 Å². The van der Waals surface area contributed by atoms with Crippen LogP contribution in [0.3, 0.4) is 0 Å². The molecule has 2 heterocycles. The highest BCUT2D eigenvalue weighted by molar-refractivity contribution is 6.22. The number of amides is 3. The van der Waals surface area contributed by atoms with Crippen LogP contribution in [0.1, 0.15) is 43.2 Å². The molecule has 2 aliphatic heterocycles. The molecule has 7 nitrogen and oxygen atoms in total. The van der Waals surface area contributed by atoms with Crippen molar-refractivity contribution in [3.63, 3.8) is 0 Å². The second-order valence-electron chi connectivity index (χ2n) is 9.62. The number of hydrogen-bond acceptors (Lipinski definition) is 5. The predicted molar refractivity (Wildman–Crippen MR) is 126 cm³/mol. The van der Waals surface area contributed by atoms with Crippen LogP contribution in [-0.2, 0) is 19.2 Å². The van der Waals surface area contributed by atoms with Crippen LogP contribution in [0.15, 0.2) is 42.5 Å². The van der Waals surface area contributed by atoms with Gasteiger partial charge in [-0.3, -0.25) is 19.2 Å². The van der Waals surface area contributed by atoms with Gasteiger partial charge >= 0.3 is 5.97 Å². The summed E-state index contributed by atoms with van der Waals surface area (Å²) in [7, 11) is 0. The largest absolute Gasteiger partial charge is 0.426 e. The normalized spacial score (nSPS) is 24.5. The number of fused-ring (bicyclic) bond motifs is 1. The molecule has 0 aromatic heterocycles. The van der Waals surface area contributed by atoms with Gasteiger partial charge in [-0.1, -0.05) is 31.0 Å². The van der Waals surface area contributed by atoms with E-state index in [9.17, 15) is 19.2 Å². The zero-order chi connectivity index (χ0) is 24.0. The quantitative estimate of drug-likeness (QED) is 0.392. The van der Waals surface area contributed by atoms with E-state index in [0.717, 1.165) is 42.5 Å². The van der Waals surface area contributed by atoms with Crippen molar-refractivity contribution in [3.05, 3.63) is 53.6 Å². The van der Waals surface area contributed by atoms with Crippen molar-refractivity contribution in [2.75, 3.05) is 16.3 Å². The summed E-state index contributed by atoms with van der Waals surface area (Å²) in [6.45, 7) is 4.16. The molecule has 2 saturated heterocycles. The van der Waals surface area contributed by atoms with E-state index in [1.165, 1.54) is 4.90 Å². The van der Waals surface area contributed by atoms with Crippen LogP contribution in [0.5, 0.6) is 5.75 Å². The Balaban J connectivity index is 1.30. The Kier molecular flexibility index (Phi) is 5.71. The lowest BCUT2D eigenvalue weighted by Gasteiger charge is -2.19. The van der Waals surface area contributed by atoms with Crippen molar-refractivity contribution in [1.82, 2.24) is 0 Å². The van der Waals surface area contributed by atoms with E-state index < -0.39 is 11.9 Å². The molecule has 2 aromatic rings. The van der Waals surface area contributed by atoms with Gasteiger partial charge in [0.2, 0.25) is 17.7 Å². The standard InChI is InChI=1S/C27H28N2O5/c1-16-10-11-17(2)23(12-16)28-15-18(13-24(28)30)27(33)34-20-7-5-6-19(14-20)29-25(31)21-8-3-4-9-22(21)26(29)32/h5-7,10-12,14,18,21-22H,3-4,8-9,13,15H2,1-2H3/t18-,21-,22-/m1/s1. The van der Waals surface area contributed by atoms with Crippen LogP contribution >= 0.6 is 0 Å². The lowest BCUT2D eigenvalue weighted by molar-refractivity contribution is -0.139. The molecule has 0 N–H and O–H groups in total. The fraction of sp³-hybridized carbons (Fsp3) is 0.407. The summed E-state index contributed by atoms with van der Waals surface area (Å²) in [5.41, 5.74) is 3.26. The monoisotopic (exact) mass is 460 g/mol. The maximum absolute atomic E-state index is 12.9. The number of nitrogens with zero attached hydrogens (tertiary/aromatic N) is 2. The van der Waals surface area contributed by atoms with E-state index in [4.69, 9.17) is 4.74 Å². The third-order valence-corrected chi connectivity index (χ3v) is 7.25. The van der Waals surface area contributed by atoms with E-state index in [-0.39, 0.29) is 48.3 Å². The van der Waals surface area contributed by atoms with Crippen LogP contribution in [0.2, 0.25) is 0 Å². The first kappa shape index (κ1) is 22.3. The van der Waals surface area contributed by atoms with E-state index in [2.05, 4.69) is 0 Å². The van der Waals surface area contributed by atoms with E-state index in [0.29, 0.717) is 5.69 Å². The second-order valence-corrected chi connectivity index (χ2v) is 9.62. The lowest BCUT2D eigenvalue weighted by Crippen LogP contribution is -2.31. The first-order valence-electron chi connectivity index (χ1n) is 11.9. The van der Waals surface area contributed by atoms with Crippen molar-refractivity contribution >= 4 is 35.1 Å². The Morgan fingerprint density at radius 1 is 0.941 bits per heavy atom. The van der Waals surface area contributed by atoms with Gasteiger partial charge in [-0.2, -0.15) is 0 Å². The maximum atomic E-state index is 12.9. The fourth-order valence-electron chi connectivity index (χ4n) is 5.41. The highest BCUT2D eigenvalue weighted by Gasteiger charge is 2.48. The number of ether oxygens (including phenoxy) is 1. The first-order chi connectivity index (χ1) is 16.3. The molecular weight excluding hydrogens is 432 g/mol. The predicted octanol–water partition coefficient (Wildman–Crippen LogP) is 3.94. The van der Waals surface area contributed by atoms with Gasteiger partial charge in [-0.05, 0) is 56.0 Å². The van der Waals surface area contributed by atoms with Gasteiger partial charge in [0.05, 0.1) is 23.4 Å². The molecule has 34 heavy (non-hydrogen) atoms. The first-order valence-corrected chi connectivity index (χ1v) is 11.9. The summed E-state index contributed by atoms with van der Waals surface area (Å²) < 4.78 is 5.61. The van der Waals surface area contributed by atoms with Crippen LogP contribution in [0.4, 0.5) is 11.4 Å². The minimum absolute atomic E-state index is 0.0817. The SMILES string of the molecule is Cc1ccc(C)c(N2C[C@H](C(=O)Oc3cccc(N4C(=O)[C@@H]5CCCC[C@H]5C4=O)c3)CC2=O)c1. The summed E-state index contributed by atoms with van der Waals surface area (Å²) in [6.07, 6.45) is 3.49. The molecular formula is C27H28N2O5. The van der Waals surface area contributed by atoms with Gasteiger partial charge in [0.1, 0.15) is 5.75 Å². The summed E-state index contributed by atoms with van der Waals surface area (Å²) in [5.74, 6) is -1.75. The number of esters is 1. The number of carbonyl (C=O) groups is 4. The average molecular weight is 461 g/mol. The van der Waals surface area contributed by atoms with Crippen molar-refractivity contribution in [2.24, 2.45) is 17.8 Å². The lowest BCUT2D eigenvalue weighted by atomic mass is 9.81. The Bertz CT molecular complexity index is 1170. The second kappa shape index (κ2) is 8.70. The highest BCUT2D eigenvalue weighted by atomic mass is 16.5. The number of benzene rings is 2. The molecule has 2 aromatic carbocycles. The Hall–Kier alpha value is -3.48. The highest BCUT2D eigenvalue weighted by Crippen LogP contribution is 2.40. The Morgan fingerprint density at radius 3 is 2.35 bits per heavy atom. The Labute approximate surface area is 198 Å². The van der Waals surface area contributed by atoms with Gasteiger partial charge in [-0.15, -0.1) is 0 Å². The van der Waals surface area contributed by atoms with Crippen LogP contribution in [0, 0.1) is 31.6 Å². The van der Waals surface area contributed by atoms with Crippen molar-refractivity contribution < 1.29 is 23.9 Å². The zero-order valence-corrected chi connectivity index (χ0v) is 19.5. The number of rotatable bonds is 4. The number of hydrogen-bond donors (Lipinski definition) is 0. The van der Waals surface area contributed by atoms with Crippen LogP contribution in [-0.4, -0.2) is 30.2 Å². The zero-order valence-electron chi connectivity index (χ0n) is 19.5. The maximum Gasteiger partial charge on any atom is 0.316 e. The number of carbonyl (C=O) groups excluding carboxylic acids is 4. The molecule has 1 saturated carbocycles. The van der Waals surface area contributed by atoms with Crippen molar-refractivity contribution in [3.8, 4) is 5.75 Å². The summed E-state index contributed by atoms with van der Waals surface area (Å²) in [4.78, 5) is 54.3. The smallest absolute Gasteiger partial charge is 0.316 e. The van der Waals surface area contributed by atoms with Gasteiger partial charge in [0, 0.05) is 24.7 Å². The van der Waals surface area contributed by atoms with E-state index in [1.807, 2.05) is 32.0 Å². The molecule has 3 amide bonds. The molecule has 0 bridgehead atoms. The van der Waals surface area contributed by atoms with Gasteiger partial charge < -0.3 is 9.64 Å². The topological polar surface area (TPSA) is 84.0 Å². The minimum atomic E-state index is -0.589. The summed E-state index contributed by atoms with van der Waals surface area (Å²) in [6, 6.07) is 12.4. The minimum Gasteiger partial charge on any atom is -0.426 e. The molecule has 3 atom stereocenters. The van der Waals surface area contributed by atoms with Gasteiger partial charge in [0.25, 0.3) is 0 Å². The van der Waals surface area contributed by atoms with E-state index >= 15 is 0 Å². The Morgan fingerprint density at radius 2 is 1.65 bits per heavy atom. The molecule has 3 aliphatic rings. The average Bonchev–Trinajstić information content (AvgIpc) is 3.33. The number of imide groups is 1. The molecule has 1 aliphatic carbocycles. The number of anilines is 2.